The van der Waals surface area contributed by atoms with Gasteiger partial charge in [-0.2, -0.15) is 0 Å². The summed E-state index contributed by atoms with van der Waals surface area (Å²) >= 11 is 0. The van der Waals surface area contributed by atoms with E-state index in [1.165, 1.54) is 0 Å². The number of likely N-dealkylation sites (tertiary alicyclic amines) is 1. The standard InChI is InChI=1S/C13H24N2O4/c1-13(2,3)19-12(18)14-7-4-11(17)15-8-5-10(16)6-9-15/h10,16H,4-9H2,1-3H3,(H,14,18). The van der Waals surface area contributed by atoms with Crippen LogP contribution in [0.25, 0.3) is 0 Å². The number of hydrogen-bond acceptors (Lipinski definition) is 4. The van der Waals surface area contributed by atoms with Gasteiger partial charge in [0.25, 0.3) is 0 Å². The van der Waals surface area contributed by atoms with Crippen molar-refractivity contribution >= 4 is 12.0 Å². The Morgan fingerprint density at radius 3 is 2.42 bits per heavy atom. The SMILES string of the molecule is CC(C)(C)OC(=O)NCCC(=O)N1CCC(O)CC1. The highest BCUT2D eigenvalue weighted by Gasteiger charge is 2.21. The van der Waals surface area contributed by atoms with E-state index >= 15 is 0 Å². The molecular formula is C13H24N2O4. The van der Waals surface area contributed by atoms with E-state index in [-0.39, 0.29) is 25.0 Å². The van der Waals surface area contributed by atoms with E-state index in [2.05, 4.69) is 5.32 Å². The number of ether oxygens (including phenoxy) is 1. The van der Waals surface area contributed by atoms with Gasteiger partial charge in [0.2, 0.25) is 5.91 Å². The predicted octanol–water partition coefficient (Wildman–Crippen LogP) is 0.884. The fraction of sp³-hybridized carbons (Fsp3) is 0.846. The highest BCUT2D eigenvalue weighted by atomic mass is 16.6. The molecule has 1 saturated heterocycles. The van der Waals surface area contributed by atoms with E-state index < -0.39 is 11.7 Å². The van der Waals surface area contributed by atoms with Crippen molar-refractivity contribution in [3.8, 4) is 0 Å². The normalized spacial score (nSPS) is 17.2. The van der Waals surface area contributed by atoms with Gasteiger partial charge in [-0.3, -0.25) is 4.79 Å². The number of piperidine rings is 1. The van der Waals surface area contributed by atoms with E-state index in [9.17, 15) is 14.7 Å². The molecule has 110 valence electrons. The van der Waals surface area contributed by atoms with Gasteiger partial charge in [0.1, 0.15) is 5.60 Å². The molecule has 6 heteroatoms. The average molecular weight is 272 g/mol. The minimum Gasteiger partial charge on any atom is -0.444 e. The number of carbonyl (C=O) groups is 2. The molecular weight excluding hydrogens is 248 g/mol. The third-order valence-electron chi connectivity index (χ3n) is 2.82. The van der Waals surface area contributed by atoms with Gasteiger partial charge in [-0.15, -0.1) is 0 Å². The van der Waals surface area contributed by atoms with E-state index in [1.54, 1.807) is 25.7 Å². The van der Waals surface area contributed by atoms with Gasteiger partial charge in [0.05, 0.1) is 6.10 Å². The number of amides is 2. The van der Waals surface area contributed by atoms with Crippen molar-refractivity contribution in [2.45, 2.75) is 51.7 Å². The van der Waals surface area contributed by atoms with Gasteiger partial charge in [0, 0.05) is 26.1 Å². The first-order chi connectivity index (χ1) is 8.78. The summed E-state index contributed by atoms with van der Waals surface area (Å²) in [7, 11) is 0. The zero-order chi connectivity index (χ0) is 14.5. The Morgan fingerprint density at radius 1 is 1.32 bits per heavy atom. The molecule has 1 aliphatic heterocycles. The second kappa shape index (κ2) is 6.75. The van der Waals surface area contributed by atoms with E-state index in [0.717, 1.165) is 0 Å². The third-order valence-corrected chi connectivity index (χ3v) is 2.82. The first-order valence-corrected chi connectivity index (χ1v) is 6.70. The maximum atomic E-state index is 11.8. The summed E-state index contributed by atoms with van der Waals surface area (Å²) in [6.45, 7) is 6.82. The van der Waals surface area contributed by atoms with E-state index in [1.807, 2.05) is 0 Å². The first-order valence-electron chi connectivity index (χ1n) is 6.70. The van der Waals surface area contributed by atoms with Crippen molar-refractivity contribution in [2.24, 2.45) is 0 Å². The molecule has 1 aliphatic rings. The van der Waals surface area contributed by atoms with Gasteiger partial charge < -0.3 is 20.1 Å². The lowest BCUT2D eigenvalue weighted by molar-refractivity contribution is -0.133. The lowest BCUT2D eigenvalue weighted by atomic mass is 10.1. The zero-order valence-corrected chi connectivity index (χ0v) is 11.9. The molecule has 0 aliphatic carbocycles. The van der Waals surface area contributed by atoms with Crippen molar-refractivity contribution in [3.05, 3.63) is 0 Å². The monoisotopic (exact) mass is 272 g/mol. The van der Waals surface area contributed by atoms with Crippen molar-refractivity contribution in [1.82, 2.24) is 10.2 Å². The van der Waals surface area contributed by atoms with Crippen molar-refractivity contribution in [1.29, 1.82) is 0 Å². The molecule has 2 N–H and O–H groups in total. The number of hydrogen-bond donors (Lipinski definition) is 2. The topological polar surface area (TPSA) is 78.9 Å². The maximum Gasteiger partial charge on any atom is 0.407 e. The number of aliphatic hydroxyl groups is 1. The lowest BCUT2D eigenvalue weighted by Gasteiger charge is -2.29. The second-order valence-corrected chi connectivity index (χ2v) is 5.79. The number of aliphatic hydroxyl groups excluding tert-OH is 1. The van der Waals surface area contributed by atoms with Crippen molar-refractivity contribution in [2.75, 3.05) is 19.6 Å². The molecule has 0 radical (unpaired) electrons. The van der Waals surface area contributed by atoms with Gasteiger partial charge in [-0.25, -0.2) is 4.79 Å². The Bertz CT molecular complexity index is 317. The van der Waals surface area contributed by atoms with E-state index in [0.29, 0.717) is 25.9 Å². The van der Waals surface area contributed by atoms with E-state index in [4.69, 9.17) is 4.74 Å². The summed E-state index contributed by atoms with van der Waals surface area (Å²) in [6.07, 6.45) is 0.726. The molecule has 1 fully saturated rings. The average Bonchev–Trinajstić information content (AvgIpc) is 2.27. The summed E-state index contributed by atoms with van der Waals surface area (Å²) in [5.41, 5.74) is -0.531. The summed E-state index contributed by atoms with van der Waals surface area (Å²) in [5.74, 6) is 0.00274. The Kier molecular flexibility index (Phi) is 5.60. The molecule has 0 saturated carbocycles. The van der Waals surface area contributed by atoms with Gasteiger partial charge in [0.15, 0.2) is 0 Å². The molecule has 0 unspecified atom stereocenters. The zero-order valence-electron chi connectivity index (χ0n) is 11.9. The summed E-state index contributed by atoms with van der Waals surface area (Å²) in [5, 5.41) is 11.9. The van der Waals surface area contributed by atoms with Crippen molar-refractivity contribution < 1.29 is 19.4 Å². The highest BCUT2D eigenvalue weighted by molar-refractivity contribution is 5.77. The molecule has 0 aromatic heterocycles. The van der Waals surface area contributed by atoms with Crippen LogP contribution in [0.15, 0.2) is 0 Å². The first kappa shape index (κ1) is 15.8. The molecule has 19 heavy (non-hydrogen) atoms. The van der Waals surface area contributed by atoms with Crippen LogP contribution in [0.1, 0.15) is 40.0 Å². The molecule has 0 aromatic rings. The number of nitrogens with one attached hydrogen (secondary N) is 1. The quantitative estimate of drug-likeness (QED) is 0.799. The van der Waals surface area contributed by atoms with Crippen molar-refractivity contribution in [3.63, 3.8) is 0 Å². The minimum absolute atomic E-state index is 0.00274. The Morgan fingerprint density at radius 2 is 1.89 bits per heavy atom. The van der Waals surface area contributed by atoms with Crippen LogP contribution in [0.3, 0.4) is 0 Å². The van der Waals surface area contributed by atoms with Crippen LogP contribution < -0.4 is 5.32 Å². The number of alkyl carbamates (subject to hydrolysis) is 1. The molecule has 0 atom stereocenters. The smallest absolute Gasteiger partial charge is 0.407 e. The summed E-state index contributed by atoms with van der Waals surface area (Å²) in [4.78, 5) is 24.9. The Hall–Kier alpha value is -1.30. The maximum absolute atomic E-state index is 11.8. The minimum atomic E-state index is -0.531. The number of nitrogens with zero attached hydrogens (tertiary/aromatic N) is 1. The summed E-state index contributed by atoms with van der Waals surface area (Å²) < 4.78 is 5.07. The molecule has 0 spiro atoms. The fourth-order valence-electron chi connectivity index (χ4n) is 1.86. The van der Waals surface area contributed by atoms with Crippen LogP contribution >= 0.6 is 0 Å². The third kappa shape index (κ3) is 6.42. The largest absolute Gasteiger partial charge is 0.444 e. The van der Waals surface area contributed by atoms with Crippen LogP contribution in [0.4, 0.5) is 4.79 Å². The number of carbonyl (C=O) groups excluding carboxylic acids is 2. The van der Waals surface area contributed by atoms with Gasteiger partial charge in [-0.05, 0) is 33.6 Å². The number of rotatable bonds is 3. The molecule has 0 bridgehead atoms. The van der Waals surface area contributed by atoms with Crippen LogP contribution in [-0.4, -0.2) is 53.3 Å². The fourth-order valence-corrected chi connectivity index (χ4v) is 1.86. The van der Waals surface area contributed by atoms with Crippen LogP contribution in [0.2, 0.25) is 0 Å². The van der Waals surface area contributed by atoms with Crippen LogP contribution in [0, 0.1) is 0 Å². The van der Waals surface area contributed by atoms with Gasteiger partial charge >= 0.3 is 6.09 Å². The predicted molar refractivity (Wildman–Crippen MR) is 70.7 cm³/mol. The summed E-state index contributed by atoms with van der Waals surface area (Å²) in [6, 6.07) is 0. The lowest BCUT2D eigenvalue weighted by Crippen LogP contribution is -2.41. The van der Waals surface area contributed by atoms with Crippen LogP contribution in [-0.2, 0) is 9.53 Å². The van der Waals surface area contributed by atoms with Crippen LogP contribution in [0.5, 0.6) is 0 Å². The van der Waals surface area contributed by atoms with Gasteiger partial charge in [-0.1, -0.05) is 0 Å². The molecule has 6 nitrogen and oxygen atoms in total. The Balaban J connectivity index is 2.18. The highest BCUT2D eigenvalue weighted by Crippen LogP contribution is 2.11. The Labute approximate surface area is 114 Å². The molecule has 1 heterocycles. The molecule has 1 rings (SSSR count). The molecule has 2 amide bonds. The second-order valence-electron chi connectivity index (χ2n) is 5.79. The molecule has 0 aromatic carbocycles.